The van der Waals surface area contributed by atoms with E-state index in [0.29, 0.717) is 28.3 Å². The minimum absolute atomic E-state index is 0.276. The number of fused-ring (bicyclic) bond motifs is 21. The van der Waals surface area contributed by atoms with E-state index in [0.717, 1.165) is 131 Å². The van der Waals surface area contributed by atoms with Gasteiger partial charge in [0.25, 0.3) is 0 Å². The molecule has 0 aliphatic rings. The number of nitriles is 2. The van der Waals surface area contributed by atoms with Gasteiger partial charge < -0.3 is 27.0 Å². The number of rotatable bonds is 4. The summed E-state index contributed by atoms with van der Waals surface area (Å²) < 4.78 is 27.1. The van der Waals surface area contributed by atoms with Gasteiger partial charge in [-0.05, 0) is 84.9 Å². The normalized spacial score (nSPS) is 12.2. The molecule has 76 heavy (non-hydrogen) atoms. The lowest BCUT2D eigenvalue weighted by Crippen LogP contribution is -2.14. The summed E-state index contributed by atoms with van der Waals surface area (Å²) in [6.45, 7) is 0. The minimum atomic E-state index is 0.276. The Hall–Kier alpha value is -10.9. The third kappa shape index (κ3) is 5.12. The first kappa shape index (κ1) is 40.7. The number of hydrogen-bond acceptors (Lipinski definition) is 6. The first-order chi connectivity index (χ1) is 37.7. The molecule has 0 aliphatic heterocycles. The molecule has 0 amide bonds. The fourth-order valence-electron chi connectivity index (χ4n) is 12.8. The van der Waals surface area contributed by atoms with Gasteiger partial charge in [0.05, 0.1) is 77.6 Å². The molecule has 17 aromatic rings. The van der Waals surface area contributed by atoms with Crippen LogP contribution in [0.15, 0.2) is 220 Å². The number of furan rings is 3. The van der Waals surface area contributed by atoms with Crippen molar-refractivity contribution >= 4 is 131 Å². The van der Waals surface area contributed by atoms with Gasteiger partial charge in [0, 0.05) is 60.2 Å². The zero-order chi connectivity index (χ0) is 49.9. The van der Waals surface area contributed by atoms with Crippen LogP contribution < -0.4 is 0 Å². The number of pyridine rings is 1. The predicted molar refractivity (Wildman–Crippen MR) is 304 cm³/mol. The van der Waals surface area contributed by atoms with Gasteiger partial charge >= 0.3 is 0 Å². The van der Waals surface area contributed by atoms with Crippen LogP contribution in [0.25, 0.3) is 160 Å². The number of benzene rings is 10. The maximum absolute atomic E-state index is 12.5. The minimum Gasteiger partial charge on any atom is -0.455 e. The highest BCUT2D eigenvalue weighted by Gasteiger charge is 2.35. The van der Waals surface area contributed by atoms with Gasteiger partial charge in [-0.25, -0.2) is 0 Å². The van der Waals surface area contributed by atoms with E-state index in [-0.39, 0.29) is 11.1 Å². The largest absolute Gasteiger partial charge is 0.455 e. The van der Waals surface area contributed by atoms with Crippen LogP contribution in [0.2, 0.25) is 0 Å². The number of para-hydroxylation sites is 6. The highest BCUT2D eigenvalue weighted by atomic mass is 16.3. The second-order valence-corrected chi connectivity index (χ2v) is 19.5. The van der Waals surface area contributed by atoms with Crippen LogP contribution in [0.3, 0.4) is 0 Å². The van der Waals surface area contributed by atoms with Gasteiger partial charge in [0.2, 0.25) is 0 Å². The maximum Gasteiger partial charge on any atom is 0.145 e. The molecular formula is C67H34N6O3. The van der Waals surface area contributed by atoms with Gasteiger partial charge in [-0.15, -0.1) is 0 Å². The summed E-state index contributed by atoms with van der Waals surface area (Å²) in [6.07, 6.45) is 1.76. The van der Waals surface area contributed by atoms with Crippen LogP contribution in [0.4, 0.5) is 0 Å². The first-order valence-electron chi connectivity index (χ1n) is 25.2. The Bertz CT molecular complexity index is 5510. The maximum atomic E-state index is 12.5. The Balaban J connectivity index is 1.14. The second-order valence-electron chi connectivity index (χ2n) is 19.5. The van der Waals surface area contributed by atoms with Crippen LogP contribution in [-0.4, -0.2) is 18.7 Å². The number of aromatic nitrogens is 4. The van der Waals surface area contributed by atoms with Gasteiger partial charge in [0.1, 0.15) is 51.2 Å². The molecule has 0 atom stereocenters. The smallest absolute Gasteiger partial charge is 0.145 e. The van der Waals surface area contributed by atoms with Gasteiger partial charge in [-0.1, -0.05) is 115 Å². The Morgan fingerprint density at radius 3 is 1.09 bits per heavy atom. The van der Waals surface area contributed by atoms with Crippen molar-refractivity contribution in [1.29, 1.82) is 10.5 Å². The van der Waals surface area contributed by atoms with Gasteiger partial charge in [0.15, 0.2) is 0 Å². The van der Waals surface area contributed by atoms with Crippen LogP contribution in [-0.2, 0) is 0 Å². The highest BCUT2D eigenvalue weighted by Crippen LogP contribution is 2.51. The highest BCUT2D eigenvalue weighted by molar-refractivity contribution is 6.27. The molecule has 0 unspecified atom stereocenters. The molecule has 17 rings (SSSR count). The third-order valence-electron chi connectivity index (χ3n) is 15.8. The second kappa shape index (κ2) is 14.9. The summed E-state index contributed by atoms with van der Waals surface area (Å²) in [6, 6.07) is 73.2. The lowest BCUT2D eigenvalue weighted by molar-refractivity contribution is 0.672. The van der Waals surface area contributed by atoms with Crippen LogP contribution >= 0.6 is 0 Å². The Kier molecular flexibility index (Phi) is 7.96. The number of nitrogens with zero attached hydrogens (tertiary/aromatic N) is 6. The van der Waals surface area contributed by atoms with E-state index in [1.54, 1.807) is 6.20 Å². The average molecular weight is 971 g/mol. The summed E-state index contributed by atoms with van der Waals surface area (Å²) >= 11 is 0. The molecule has 9 heteroatoms. The Labute approximate surface area is 429 Å². The van der Waals surface area contributed by atoms with Crippen molar-refractivity contribution in [3.8, 4) is 40.5 Å². The molecule has 10 aromatic carbocycles. The van der Waals surface area contributed by atoms with Crippen molar-refractivity contribution < 1.29 is 13.3 Å². The predicted octanol–water partition coefficient (Wildman–Crippen LogP) is 17.5. The SMILES string of the molecule is N#Cc1c(-c2ccccn2)c(-n2c3ccccc3c3c4oc5ccccc5c4ccc32)c(-n2c3ccccc3c3c4oc5ccccc5c4ccc32)c(C#N)c1-n1c2ccccc2c2c3oc4ccccc4c3ccc21. The van der Waals surface area contributed by atoms with Crippen molar-refractivity contribution in [3.63, 3.8) is 0 Å². The van der Waals surface area contributed by atoms with Crippen molar-refractivity contribution in [3.05, 3.63) is 218 Å². The summed E-state index contributed by atoms with van der Waals surface area (Å²) in [5.41, 5.74) is 12.7. The number of hydrogen-bond donors (Lipinski definition) is 0. The molecule has 0 fully saturated rings. The van der Waals surface area contributed by atoms with Crippen LogP contribution in [0.5, 0.6) is 0 Å². The molecule has 7 heterocycles. The lowest BCUT2D eigenvalue weighted by Gasteiger charge is -2.26. The van der Waals surface area contributed by atoms with E-state index in [1.807, 2.05) is 109 Å². The topological polar surface area (TPSA) is 115 Å². The van der Waals surface area contributed by atoms with E-state index in [9.17, 15) is 10.5 Å². The van der Waals surface area contributed by atoms with Crippen molar-refractivity contribution in [2.45, 2.75) is 0 Å². The fourth-order valence-corrected chi connectivity index (χ4v) is 12.8. The summed E-state index contributed by atoms with van der Waals surface area (Å²) in [5.74, 6) is 0. The third-order valence-corrected chi connectivity index (χ3v) is 15.8. The van der Waals surface area contributed by atoms with E-state index >= 15 is 0 Å². The van der Waals surface area contributed by atoms with Crippen molar-refractivity contribution in [1.82, 2.24) is 18.7 Å². The Morgan fingerprint density at radius 2 is 0.684 bits per heavy atom. The molecule has 0 bridgehead atoms. The van der Waals surface area contributed by atoms with Gasteiger partial charge in [-0.2, -0.15) is 10.5 Å². The molecular weight excluding hydrogens is 937 g/mol. The zero-order valence-corrected chi connectivity index (χ0v) is 40.0. The van der Waals surface area contributed by atoms with Gasteiger partial charge in [-0.3, -0.25) is 4.98 Å². The Morgan fingerprint density at radius 1 is 0.316 bits per heavy atom. The first-order valence-corrected chi connectivity index (χ1v) is 25.2. The standard InChI is InChI=1S/C67H34N6O3/c68-35-46-58(48-21-13-14-34-70-48)64(73-51-24-9-3-20-45(51)61-54(73)33-30-42-39-17-6-12-27-57(39)76-67(42)61)63(72-50-23-8-2-19-44(50)60-53(72)32-29-41-38-16-5-11-26-56(38)75-66(41)60)47(36-69)62(46)71-49-22-7-1-18-43(49)59-52(71)31-28-40-37-15-4-10-25-55(37)74-65(40)59/h1-34H. The molecule has 350 valence electrons. The van der Waals surface area contributed by atoms with Crippen molar-refractivity contribution in [2.75, 3.05) is 0 Å². The van der Waals surface area contributed by atoms with Crippen LogP contribution in [0.1, 0.15) is 11.1 Å². The van der Waals surface area contributed by atoms with E-state index in [1.165, 1.54) is 0 Å². The molecule has 0 spiro atoms. The van der Waals surface area contributed by atoms with Crippen LogP contribution in [0, 0.1) is 22.7 Å². The van der Waals surface area contributed by atoms with Crippen molar-refractivity contribution in [2.24, 2.45) is 0 Å². The molecule has 0 N–H and O–H groups in total. The zero-order valence-electron chi connectivity index (χ0n) is 40.0. The quantitative estimate of drug-likeness (QED) is 0.173. The molecule has 0 aliphatic carbocycles. The molecule has 9 nitrogen and oxygen atoms in total. The fraction of sp³-hybridized carbons (Fsp3) is 0. The molecule has 0 radical (unpaired) electrons. The molecule has 0 saturated carbocycles. The van der Waals surface area contributed by atoms with E-state index < -0.39 is 0 Å². The summed E-state index contributed by atoms with van der Waals surface area (Å²) in [7, 11) is 0. The average Bonchev–Trinajstić information content (AvgIpc) is 4.34. The molecule has 7 aromatic heterocycles. The summed E-state index contributed by atoms with van der Waals surface area (Å²) in [5, 5.41) is 36.2. The molecule has 0 saturated heterocycles. The summed E-state index contributed by atoms with van der Waals surface area (Å²) in [4.78, 5) is 5.13. The monoisotopic (exact) mass is 970 g/mol. The van der Waals surface area contributed by atoms with E-state index in [4.69, 9.17) is 18.2 Å². The lowest BCUT2D eigenvalue weighted by atomic mass is 9.93. The van der Waals surface area contributed by atoms with E-state index in [2.05, 4.69) is 117 Å².